The van der Waals surface area contributed by atoms with Crippen molar-refractivity contribution in [2.75, 3.05) is 13.2 Å². The Kier molecular flexibility index (Phi) is 2.91. The molecule has 0 radical (unpaired) electrons. The van der Waals surface area contributed by atoms with Gasteiger partial charge in [-0.2, -0.15) is 0 Å². The summed E-state index contributed by atoms with van der Waals surface area (Å²) in [7, 11) is 0. The summed E-state index contributed by atoms with van der Waals surface area (Å²) in [5, 5.41) is 4.40. The molecule has 3 heterocycles. The van der Waals surface area contributed by atoms with Crippen molar-refractivity contribution in [1.29, 1.82) is 0 Å². The largest absolute Gasteiger partial charge is 0.381 e. The fraction of sp³-hybridized carbons (Fsp3) is 0.455. The van der Waals surface area contributed by atoms with Crippen LogP contribution in [0.1, 0.15) is 18.9 Å². The van der Waals surface area contributed by atoms with Crippen LogP contribution in [0.4, 0.5) is 0 Å². The van der Waals surface area contributed by atoms with E-state index in [9.17, 15) is 4.79 Å². The summed E-state index contributed by atoms with van der Waals surface area (Å²) in [5.74, 6) is 0. The first-order chi connectivity index (χ1) is 8.25. The lowest BCUT2D eigenvalue weighted by Crippen LogP contribution is -2.29. The van der Waals surface area contributed by atoms with Crippen molar-refractivity contribution < 1.29 is 4.74 Å². The number of hydrogen-bond acceptors (Lipinski definition) is 3. The van der Waals surface area contributed by atoms with Gasteiger partial charge in [0.1, 0.15) is 0 Å². The molecule has 17 heavy (non-hydrogen) atoms. The number of ether oxygens (including phenoxy) is 1. The predicted octanol–water partition coefficient (Wildman–Crippen LogP) is 1.45. The molecule has 1 saturated heterocycles. The molecule has 0 aliphatic carbocycles. The van der Waals surface area contributed by atoms with Crippen molar-refractivity contribution >= 4 is 28.2 Å². The van der Waals surface area contributed by atoms with E-state index in [1.54, 1.807) is 15.3 Å². The smallest absolute Gasteiger partial charge is 0.350 e. The molecule has 90 valence electrons. The Morgan fingerprint density at radius 1 is 1.41 bits per heavy atom. The van der Waals surface area contributed by atoms with Gasteiger partial charge in [-0.1, -0.05) is 0 Å². The first kappa shape index (κ1) is 11.2. The average Bonchev–Trinajstić information content (AvgIpc) is 2.67. The van der Waals surface area contributed by atoms with Gasteiger partial charge in [-0.15, -0.1) is 5.10 Å². The first-order valence-corrected chi connectivity index (χ1v) is 6.68. The second-order valence-corrected chi connectivity index (χ2v) is 5.39. The number of fused-ring (bicyclic) bond motifs is 1. The number of pyridine rings is 1. The summed E-state index contributed by atoms with van der Waals surface area (Å²) in [5.41, 5.74) is 0.664. The molecule has 0 aromatic carbocycles. The summed E-state index contributed by atoms with van der Waals surface area (Å²) in [6.45, 7) is 1.42. The molecule has 5 nitrogen and oxygen atoms in total. The van der Waals surface area contributed by atoms with Gasteiger partial charge in [0.05, 0.1) is 6.04 Å². The maximum Gasteiger partial charge on any atom is 0.350 e. The molecule has 0 N–H and O–H groups in total. The number of halogens is 1. The van der Waals surface area contributed by atoms with E-state index >= 15 is 0 Å². The highest BCUT2D eigenvalue weighted by molar-refractivity contribution is 14.1. The van der Waals surface area contributed by atoms with Crippen molar-refractivity contribution in [2.45, 2.75) is 18.9 Å². The van der Waals surface area contributed by atoms with Crippen LogP contribution in [0.25, 0.3) is 5.65 Å². The zero-order valence-electron chi connectivity index (χ0n) is 9.17. The summed E-state index contributed by atoms with van der Waals surface area (Å²) in [6, 6.07) is 4.00. The maximum atomic E-state index is 12.2. The highest BCUT2D eigenvalue weighted by atomic mass is 127. The minimum Gasteiger partial charge on any atom is -0.381 e. The Bertz CT molecular complexity index is 598. The third-order valence-corrected chi connectivity index (χ3v) is 3.72. The number of hydrogen-bond donors (Lipinski definition) is 0. The van der Waals surface area contributed by atoms with Crippen molar-refractivity contribution in [1.82, 2.24) is 14.2 Å². The Morgan fingerprint density at radius 3 is 2.94 bits per heavy atom. The molecule has 0 atom stereocenters. The van der Waals surface area contributed by atoms with E-state index in [1.807, 2.05) is 12.1 Å². The Hall–Kier alpha value is -0.890. The topological polar surface area (TPSA) is 48.5 Å². The molecule has 0 saturated carbocycles. The molecule has 0 bridgehead atoms. The van der Waals surface area contributed by atoms with E-state index in [0.717, 1.165) is 16.4 Å². The molecule has 2 aromatic heterocycles. The Labute approximate surface area is 112 Å². The van der Waals surface area contributed by atoms with Crippen LogP contribution in [0, 0.1) is 3.57 Å². The molecule has 0 unspecified atom stereocenters. The quantitative estimate of drug-likeness (QED) is 0.736. The Morgan fingerprint density at radius 2 is 2.18 bits per heavy atom. The van der Waals surface area contributed by atoms with Gasteiger partial charge in [0.15, 0.2) is 5.65 Å². The fourth-order valence-corrected chi connectivity index (χ4v) is 2.57. The monoisotopic (exact) mass is 345 g/mol. The molecular formula is C11H12IN3O2. The molecule has 1 aliphatic heterocycles. The van der Waals surface area contributed by atoms with Gasteiger partial charge in [0.2, 0.25) is 0 Å². The average molecular weight is 345 g/mol. The first-order valence-electron chi connectivity index (χ1n) is 5.60. The van der Waals surface area contributed by atoms with Crippen LogP contribution in [0.3, 0.4) is 0 Å². The van der Waals surface area contributed by atoms with Crippen LogP contribution >= 0.6 is 22.6 Å². The van der Waals surface area contributed by atoms with E-state index in [0.29, 0.717) is 18.9 Å². The van der Waals surface area contributed by atoms with Crippen LogP contribution in [0.15, 0.2) is 23.1 Å². The van der Waals surface area contributed by atoms with E-state index in [4.69, 9.17) is 4.74 Å². The van der Waals surface area contributed by atoms with Crippen LogP contribution in [0.5, 0.6) is 0 Å². The third-order valence-electron chi connectivity index (χ3n) is 3.05. The molecule has 1 fully saturated rings. The van der Waals surface area contributed by atoms with E-state index < -0.39 is 0 Å². The number of rotatable bonds is 1. The molecule has 2 aromatic rings. The molecule has 0 amide bonds. The second-order valence-electron chi connectivity index (χ2n) is 4.14. The minimum atomic E-state index is -0.0525. The maximum absolute atomic E-state index is 12.2. The Balaban J connectivity index is 2.10. The van der Waals surface area contributed by atoms with E-state index in [1.165, 1.54) is 0 Å². The zero-order valence-corrected chi connectivity index (χ0v) is 11.3. The normalized spacial score (nSPS) is 17.7. The van der Waals surface area contributed by atoms with E-state index in [2.05, 4.69) is 27.7 Å². The van der Waals surface area contributed by atoms with Gasteiger partial charge in [0, 0.05) is 23.0 Å². The second kappa shape index (κ2) is 4.41. The predicted molar refractivity (Wildman–Crippen MR) is 71.3 cm³/mol. The minimum absolute atomic E-state index is 0.0525. The SMILES string of the molecule is O=c1n(C2CCOCC2)nc2cc(I)ccn12. The molecule has 6 heteroatoms. The summed E-state index contributed by atoms with van der Waals surface area (Å²) in [6.07, 6.45) is 3.50. The van der Waals surface area contributed by atoms with Crippen LogP contribution in [-0.4, -0.2) is 27.4 Å². The number of nitrogens with zero attached hydrogens (tertiary/aromatic N) is 3. The summed E-state index contributed by atoms with van der Waals surface area (Å²) < 4.78 is 9.59. The lowest BCUT2D eigenvalue weighted by molar-refractivity contribution is 0.0652. The van der Waals surface area contributed by atoms with Gasteiger partial charge in [-0.3, -0.25) is 4.40 Å². The van der Waals surface area contributed by atoms with Crippen molar-refractivity contribution in [2.24, 2.45) is 0 Å². The van der Waals surface area contributed by atoms with Crippen molar-refractivity contribution in [3.63, 3.8) is 0 Å². The van der Waals surface area contributed by atoms with Gasteiger partial charge in [-0.25, -0.2) is 9.48 Å². The lowest BCUT2D eigenvalue weighted by atomic mass is 10.1. The van der Waals surface area contributed by atoms with Gasteiger partial charge in [-0.05, 0) is 47.6 Å². The van der Waals surface area contributed by atoms with E-state index in [-0.39, 0.29) is 11.7 Å². The molecular weight excluding hydrogens is 333 g/mol. The number of aromatic nitrogens is 3. The zero-order chi connectivity index (χ0) is 11.8. The highest BCUT2D eigenvalue weighted by Crippen LogP contribution is 2.18. The molecule has 0 spiro atoms. The van der Waals surface area contributed by atoms with Crippen molar-refractivity contribution in [3.8, 4) is 0 Å². The summed E-state index contributed by atoms with van der Waals surface area (Å²) >= 11 is 2.22. The fourth-order valence-electron chi connectivity index (χ4n) is 2.13. The highest BCUT2D eigenvalue weighted by Gasteiger charge is 2.20. The van der Waals surface area contributed by atoms with Gasteiger partial charge < -0.3 is 4.74 Å². The molecule has 1 aliphatic rings. The van der Waals surface area contributed by atoms with Crippen LogP contribution in [0.2, 0.25) is 0 Å². The van der Waals surface area contributed by atoms with Gasteiger partial charge in [0.25, 0.3) is 0 Å². The standard InChI is InChI=1S/C11H12IN3O2/c12-8-1-4-14-10(7-8)13-15(11(14)16)9-2-5-17-6-3-9/h1,4,7,9H,2-3,5-6H2. The lowest BCUT2D eigenvalue weighted by Gasteiger charge is -2.20. The molecule has 3 rings (SSSR count). The van der Waals surface area contributed by atoms with Crippen LogP contribution in [-0.2, 0) is 4.74 Å². The van der Waals surface area contributed by atoms with Gasteiger partial charge >= 0.3 is 5.69 Å². The van der Waals surface area contributed by atoms with Crippen LogP contribution < -0.4 is 5.69 Å². The van der Waals surface area contributed by atoms with Crippen molar-refractivity contribution in [3.05, 3.63) is 32.4 Å². The summed E-state index contributed by atoms with van der Waals surface area (Å²) in [4.78, 5) is 12.2. The third kappa shape index (κ3) is 1.99.